The second kappa shape index (κ2) is 7.02. The average Bonchev–Trinajstić information content (AvgIpc) is 3.00. The minimum Gasteiger partial charge on any atom is -0.486 e. The summed E-state index contributed by atoms with van der Waals surface area (Å²) in [5.74, 6) is 0.320. The highest BCUT2D eigenvalue weighted by molar-refractivity contribution is 7.09. The van der Waals surface area contributed by atoms with E-state index in [0.29, 0.717) is 18.0 Å². The summed E-state index contributed by atoms with van der Waals surface area (Å²) >= 11 is 1.53. The Hall–Kier alpha value is -2.92. The van der Waals surface area contributed by atoms with Gasteiger partial charge in [-0.3, -0.25) is 10.8 Å². The molecule has 0 saturated heterocycles. The lowest BCUT2D eigenvalue weighted by Crippen LogP contribution is -2.21. The van der Waals surface area contributed by atoms with Crippen molar-refractivity contribution in [2.45, 2.75) is 6.61 Å². The SMILES string of the molecule is N#C/C(=N\Nc1ccc(OCc2nccs2)cc1)C(=N)N. The van der Waals surface area contributed by atoms with Crippen molar-refractivity contribution in [3.8, 4) is 11.8 Å². The van der Waals surface area contributed by atoms with Gasteiger partial charge in [0.1, 0.15) is 23.4 Å². The van der Waals surface area contributed by atoms with E-state index in [1.165, 1.54) is 11.3 Å². The maximum Gasteiger partial charge on any atom is 0.201 e. The molecule has 0 aliphatic heterocycles. The fraction of sp³-hybridized carbons (Fsp3) is 0.0769. The van der Waals surface area contributed by atoms with Crippen LogP contribution in [0.3, 0.4) is 0 Å². The van der Waals surface area contributed by atoms with E-state index in [1.807, 2.05) is 5.38 Å². The number of anilines is 1. The molecule has 1 heterocycles. The molecule has 106 valence electrons. The zero-order valence-corrected chi connectivity index (χ0v) is 11.7. The van der Waals surface area contributed by atoms with Crippen molar-refractivity contribution in [3.05, 3.63) is 40.8 Å². The Balaban J connectivity index is 1.93. The third-order valence-electron chi connectivity index (χ3n) is 2.36. The van der Waals surface area contributed by atoms with Crippen LogP contribution in [0.1, 0.15) is 5.01 Å². The molecule has 0 aliphatic carbocycles. The number of nitrogens with one attached hydrogen (secondary N) is 2. The lowest BCUT2D eigenvalue weighted by Gasteiger charge is -2.05. The lowest BCUT2D eigenvalue weighted by atomic mass is 10.3. The molecule has 0 amide bonds. The molecule has 4 N–H and O–H groups in total. The number of aromatic nitrogens is 1. The van der Waals surface area contributed by atoms with Crippen molar-refractivity contribution < 1.29 is 4.74 Å². The zero-order chi connectivity index (χ0) is 15.1. The van der Waals surface area contributed by atoms with E-state index in [4.69, 9.17) is 21.1 Å². The Morgan fingerprint density at radius 2 is 2.24 bits per heavy atom. The number of hydrazone groups is 1. The van der Waals surface area contributed by atoms with Gasteiger partial charge in [-0.1, -0.05) is 0 Å². The van der Waals surface area contributed by atoms with Crippen LogP contribution < -0.4 is 15.9 Å². The van der Waals surface area contributed by atoms with Gasteiger partial charge in [-0.2, -0.15) is 10.4 Å². The average molecular weight is 300 g/mol. The van der Waals surface area contributed by atoms with E-state index < -0.39 is 0 Å². The third-order valence-corrected chi connectivity index (χ3v) is 3.11. The molecule has 0 bridgehead atoms. The number of nitriles is 1. The summed E-state index contributed by atoms with van der Waals surface area (Å²) in [5.41, 5.74) is 8.33. The van der Waals surface area contributed by atoms with Gasteiger partial charge in [0.15, 0.2) is 5.84 Å². The number of thiazole rings is 1. The molecular formula is C13H12N6OS. The second-order valence-corrected chi connectivity index (χ2v) is 4.82. The van der Waals surface area contributed by atoms with E-state index in [9.17, 15) is 0 Å². The molecular weight excluding hydrogens is 288 g/mol. The highest BCUT2D eigenvalue weighted by Gasteiger charge is 2.01. The van der Waals surface area contributed by atoms with Crippen LogP contribution in [0.25, 0.3) is 0 Å². The first-order valence-corrected chi connectivity index (χ1v) is 6.76. The Kier molecular flexibility index (Phi) is 4.84. The molecule has 8 heteroatoms. The van der Waals surface area contributed by atoms with Crippen molar-refractivity contribution >= 4 is 28.6 Å². The van der Waals surface area contributed by atoms with Crippen LogP contribution in [-0.4, -0.2) is 16.5 Å². The van der Waals surface area contributed by atoms with Crippen LogP contribution in [-0.2, 0) is 6.61 Å². The van der Waals surface area contributed by atoms with Crippen LogP contribution in [0, 0.1) is 16.7 Å². The van der Waals surface area contributed by atoms with Crippen molar-refractivity contribution in [3.63, 3.8) is 0 Å². The first-order chi connectivity index (χ1) is 10.2. The number of nitrogens with zero attached hydrogens (tertiary/aromatic N) is 3. The van der Waals surface area contributed by atoms with Crippen LogP contribution >= 0.6 is 11.3 Å². The van der Waals surface area contributed by atoms with Gasteiger partial charge in [-0.05, 0) is 24.3 Å². The largest absolute Gasteiger partial charge is 0.486 e. The standard InChI is InChI=1S/C13H12N6OS/c14-7-11(13(15)16)19-18-9-1-3-10(4-2-9)20-8-12-17-5-6-21-12/h1-6,18H,8H2,(H3,15,16)/b19-11+. The Morgan fingerprint density at radius 1 is 1.48 bits per heavy atom. The maximum absolute atomic E-state index is 8.71. The summed E-state index contributed by atoms with van der Waals surface area (Å²) in [5, 5.41) is 22.4. The summed E-state index contributed by atoms with van der Waals surface area (Å²) in [6.45, 7) is 0.422. The number of amidine groups is 1. The number of nitrogens with two attached hydrogens (primary N) is 1. The molecule has 1 aromatic carbocycles. The summed E-state index contributed by atoms with van der Waals surface area (Å²) in [4.78, 5) is 4.12. The number of benzene rings is 1. The van der Waals surface area contributed by atoms with Gasteiger partial charge in [0.2, 0.25) is 5.71 Å². The van der Waals surface area contributed by atoms with Gasteiger partial charge >= 0.3 is 0 Å². The minimum absolute atomic E-state index is 0.168. The monoisotopic (exact) mass is 300 g/mol. The predicted molar refractivity (Wildman–Crippen MR) is 81.5 cm³/mol. The molecule has 0 saturated carbocycles. The van der Waals surface area contributed by atoms with E-state index in [0.717, 1.165) is 5.01 Å². The molecule has 7 nitrogen and oxygen atoms in total. The first kappa shape index (κ1) is 14.5. The first-order valence-electron chi connectivity index (χ1n) is 5.88. The Bertz CT molecular complexity index is 672. The summed E-state index contributed by atoms with van der Waals surface area (Å²) < 4.78 is 5.57. The highest BCUT2D eigenvalue weighted by Crippen LogP contribution is 2.17. The van der Waals surface area contributed by atoms with Crippen molar-refractivity contribution in [1.29, 1.82) is 10.7 Å². The van der Waals surface area contributed by atoms with Gasteiger partial charge in [0.25, 0.3) is 0 Å². The number of ether oxygens (including phenoxy) is 1. The van der Waals surface area contributed by atoms with Crippen LogP contribution in [0.4, 0.5) is 5.69 Å². The maximum atomic E-state index is 8.71. The van der Waals surface area contributed by atoms with Gasteiger partial charge in [0.05, 0.1) is 5.69 Å². The second-order valence-electron chi connectivity index (χ2n) is 3.84. The van der Waals surface area contributed by atoms with E-state index >= 15 is 0 Å². The molecule has 21 heavy (non-hydrogen) atoms. The molecule has 0 aliphatic rings. The van der Waals surface area contributed by atoms with Gasteiger partial charge in [-0.25, -0.2) is 4.98 Å². The van der Waals surface area contributed by atoms with Crippen LogP contribution in [0.2, 0.25) is 0 Å². The zero-order valence-electron chi connectivity index (χ0n) is 10.9. The summed E-state index contributed by atoms with van der Waals surface area (Å²) in [6, 6.07) is 8.76. The quantitative estimate of drug-likeness (QED) is 0.428. The highest BCUT2D eigenvalue weighted by atomic mass is 32.1. The van der Waals surface area contributed by atoms with Crippen molar-refractivity contribution in [2.75, 3.05) is 5.43 Å². The molecule has 0 spiro atoms. The third kappa shape index (κ3) is 4.29. The molecule has 0 radical (unpaired) electrons. The van der Waals surface area contributed by atoms with E-state index in [1.54, 1.807) is 36.5 Å². The molecule has 2 rings (SSSR count). The Labute approximate surface area is 125 Å². The summed E-state index contributed by atoms with van der Waals surface area (Å²) in [6.07, 6.45) is 1.73. The van der Waals surface area contributed by atoms with E-state index in [2.05, 4.69) is 15.5 Å². The fourth-order valence-electron chi connectivity index (χ4n) is 1.36. The Morgan fingerprint density at radius 3 is 2.81 bits per heavy atom. The summed E-state index contributed by atoms with van der Waals surface area (Å²) in [7, 11) is 0. The molecule has 0 atom stereocenters. The van der Waals surface area contributed by atoms with Gasteiger partial charge < -0.3 is 10.5 Å². The normalized spacial score (nSPS) is 10.7. The minimum atomic E-state index is -0.381. The number of rotatable bonds is 6. The predicted octanol–water partition coefficient (Wildman–Crippen LogP) is 1.95. The lowest BCUT2D eigenvalue weighted by molar-refractivity contribution is 0.305. The molecule has 0 unspecified atom stereocenters. The molecule has 0 fully saturated rings. The van der Waals surface area contributed by atoms with Gasteiger partial charge in [0, 0.05) is 11.6 Å². The van der Waals surface area contributed by atoms with Crippen LogP contribution in [0.15, 0.2) is 40.9 Å². The van der Waals surface area contributed by atoms with E-state index in [-0.39, 0.29) is 11.5 Å². The van der Waals surface area contributed by atoms with Crippen LogP contribution in [0.5, 0.6) is 5.75 Å². The van der Waals surface area contributed by atoms with Crippen molar-refractivity contribution in [2.24, 2.45) is 10.8 Å². The fourth-order valence-corrected chi connectivity index (χ4v) is 1.89. The number of hydrogen-bond acceptors (Lipinski definition) is 7. The molecule has 1 aromatic heterocycles. The number of hydrogen-bond donors (Lipinski definition) is 3. The van der Waals surface area contributed by atoms with Gasteiger partial charge in [-0.15, -0.1) is 11.3 Å². The van der Waals surface area contributed by atoms with Crippen molar-refractivity contribution in [1.82, 2.24) is 4.98 Å². The smallest absolute Gasteiger partial charge is 0.201 e. The molecule has 2 aromatic rings. The topological polar surface area (TPSA) is 120 Å².